The van der Waals surface area contributed by atoms with Crippen molar-refractivity contribution >= 4 is 24.1 Å². The summed E-state index contributed by atoms with van der Waals surface area (Å²) in [6, 6.07) is 3.45. The molecule has 1 aromatic rings. The summed E-state index contributed by atoms with van der Waals surface area (Å²) in [6.07, 6.45) is 1.24. The number of carbonyl (C=O) groups excluding carboxylic acids is 4. The molecule has 0 radical (unpaired) electrons. The van der Waals surface area contributed by atoms with Gasteiger partial charge in [0.2, 0.25) is 0 Å². The fourth-order valence-electron chi connectivity index (χ4n) is 2.54. The average Bonchev–Trinajstić information content (AvgIpc) is 2.70. The Morgan fingerprint density at radius 3 is 2.25 bits per heavy atom. The van der Waals surface area contributed by atoms with Crippen molar-refractivity contribution in [2.45, 2.75) is 65.5 Å². The molecular formula is C22H31NO9. The molecule has 0 amide bonds. The molecule has 0 saturated carbocycles. The van der Waals surface area contributed by atoms with Crippen LogP contribution in [0.4, 0.5) is 4.79 Å². The fraction of sp³-hybridized carbons (Fsp3) is 0.545. The van der Waals surface area contributed by atoms with Crippen molar-refractivity contribution in [2.75, 3.05) is 13.2 Å². The van der Waals surface area contributed by atoms with Crippen LogP contribution in [-0.2, 0) is 35.0 Å². The zero-order valence-corrected chi connectivity index (χ0v) is 18.9. The maximum absolute atomic E-state index is 12.2. The molecule has 10 nitrogen and oxygen atoms in total. The van der Waals surface area contributed by atoms with Gasteiger partial charge in [0, 0.05) is 13.8 Å². The van der Waals surface area contributed by atoms with Crippen molar-refractivity contribution in [1.29, 1.82) is 0 Å². The Morgan fingerprint density at radius 2 is 1.62 bits per heavy atom. The summed E-state index contributed by atoms with van der Waals surface area (Å²) in [7, 11) is 0. The second-order valence-corrected chi connectivity index (χ2v) is 7.14. The Hall–Kier alpha value is -3.14. The van der Waals surface area contributed by atoms with Gasteiger partial charge in [-0.25, -0.2) is 4.79 Å². The van der Waals surface area contributed by atoms with Crippen LogP contribution < -0.4 is 15.2 Å². The number of unbranched alkanes of at least 4 members (excludes halogenated alkanes) is 2. The third-order valence-corrected chi connectivity index (χ3v) is 3.99. The third-order valence-electron chi connectivity index (χ3n) is 3.99. The van der Waals surface area contributed by atoms with E-state index in [2.05, 4.69) is 0 Å². The van der Waals surface area contributed by atoms with Crippen LogP contribution >= 0.6 is 0 Å². The second kappa shape index (κ2) is 14.0. The average molecular weight is 453 g/mol. The minimum atomic E-state index is -1.02. The number of hydrogen-bond acceptors (Lipinski definition) is 10. The molecule has 0 bridgehead atoms. The molecule has 0 spiro atoms. The molecule has 0 aliphatic carbocycles. The molecule has 0 aromatic heterocycles. The van der Waals surface area contributed by atoms with Gasteiger partial charge in [-0.3, -0.25) is 14.4 Å². The highest BCUT2D eigenvalue weighted by Crippen LogP contribution is 2.29. The highest BCUT2D eigenvalue weighted by molar-refractivity contribution is 5.76. The first kappa shape index (κ1) is 26.9. The van der Waals surface area contributed by atoms with E-state index in [-0.39, 0.29) is 31.1 Å². The van der Waals surface area contributed by atoms with Gasteiger partial charge in [0.1, 0.15) is 18.8 Å². The van der Waals surface area contributed by atoms with Crippen molar-refractivity contribution in [3.63, 3.8) is 0 Å². The van der Waals surface area contributed by atoms with Crippen LogP contribution in [0.2, 0.25) is 0 Å². The van der Waals surface area contributed by atoms with E-state index in [1.807, 2.05) is 6.92 Å². The SMILES string of the molecule is CCCCCOC(=O)OC[C@H](C)OC(=O)[C@@H](N)Cc1ccc(OC(C)=O)c(OC(C)=O)c1. The zero-order valence-electron chi connectivity index (χ0n) is 18.9. The van der Waals surface area contributed by atoms with Crippen molar-refractivity contribution < 1.29 is 42.9 Å². The second-order valence-electron chi connectivity index (χ2n) is 7.14. The predicted molar refractivity (Wildman–Crippen MR) is 113 cm³/mol. The van der Waals surface area contributed by atoms with Gasteiger partial charge in [-0.05, 0) is 37.5 Å². The van der Waals surface area contributed by atoms with Crippen molar-refractivity contribution in [3.05, 3.63) is 23.8 Å². The minimum absolute atomic E-state index is 0.0324. The molecule has 0 unspecified atom stereocenters. The van der Waals surface area contributed by atoms with Crippen LogP contribution in [0.3, 0.4) is 0 Å². The summed E-state index contributed by atoms with van der Waals surface area (Å²) in [5.74, 6) is -1.77. The molecule has 2 N–H and O–H groups in total. The van der Waals surface area contributed by atoms with E-state index in [4.69, 9.17) is 29.4 Å². The van der Waals surface area contributed by atoms with Crippen LogP contribution in [0.25, 0.3) is 0 Å². The Kier molecular flexibility index (Phi) is 11.8. The first-order chi connectivity index (χ1) is 15.1. The van der Waals surface area contributed by atoms with E-state index < -0.39 is 36.2 Å². The monoisotopic (exact) mass is 453 g/mol. The lowest BCUT2D eigenvalue weighted by Gasteiger charge is -2.17. The van der Waals surface area contributed by atoms with Gasteiger partial charge in [-0.1, -0.05) is 25.8 Å². The van der Waals surface area contributed by atoms with Gasteiger partial charge in [-0.15, -0.1) is 0 Å². The number of hydrogen-bond donors (Lipinski definition) is 1. The standard InChI is InChI=1S/C22H31NO9/c1-5-6-7-10-28-22(27)29-13-14(2)30-21(26)18(23)11-17-8-9-19(31-15(3)24)20(12-17)32-16(4)25/h8-9,12,14,18H,5-7,10-11,13,23H2,1-4H3/t14-,18-/m0/s1. The fourth-order valence-corrected chi connectivity index (χ4v) is 2.54. The highest BCUT2D eigenvalue weighted by atomic mass is 16.7. The molecule has 10 heteroatoms. The highest BCUT2D eigenvalue weighted by Gasteiger charge is 2.21. The first-order valence-electron chi connectivity index (χ1n) is 10.4. The van der Waals surface area contributed by atoms with Crippen molar-refractivity contribution in [3.8, 4) is 11.5 Å². The maximum Gasteiger partial charge on any atom is 0.508 e. The normalized spacial score (nSPS) is 12.3. The molecular weight excluding hydrogens is 422 g/mol. The summed E-state index contributed by atoms with van der Waals surface area (Å²) in [5, 5.41) is 0. The molecule has 0 aliphatic rings. The van der Waals surface area contributed by atoms with Crippen LogP contribution in [-0.4, -0.2) is 49.4 Å². The number of carbonyl (C=O) groups is 4. The van der Waals surface area contributed by atoms with Gasteiger partial charge >= 0.3 is 24.1 Å². The summed E-state index contributed by atoms with van der Waals surface area (Å²) < 4.78 is 25.1. The van der Waals surface area contributed by atoms with E-state index in [9.17, 15) is 19.2 Å². The summed E-state index contributed by atoms with van der Waals surface area (Å²) in [6.45, 7) is 6.12. The van der Waals surface area contributed by atoms with E-state index in [0.717, 1.165) is 19.3 Å². The van der Waals surface area contributed by atoms with E-state index in [1.165, 1.54) is 26.0 Å². The lowest BCUT2D eigenvalue weighted by molar-refractivity contribution is -0.152. The molecule has 1 rings (SSSR count). The Labute approximate surface area is 187 Å². The van der Waals surface area contributed by atoms with Gasteiger partial charge in [0.25, 0.3) is 0 Å². The Bertz CT molecular complexity index is 794. The zero-order chi connectivity index (χ0) is 24.1. The number of benzene rings is 1. The lowest BCUT2D eigenvalue weighted by atomic mass is 10.1. The van der Waals surface area contributed by atoms with E-state index >= 15 is 0 Å². The van der Waals surface area contributed by atoms with Crippen molar-refractivity contribution in [1.82, 2.24) is 0 Å². The van der Waals surface area contributed by atoms with Gasteiger partial charge < -0.3 is 29.4 Å². The third kappa shape index (κ3) is 10.8. The summed E-state index contributed by atoms with van der Waals surface area (Å²) in [4.78, 5) is 46.2. The van der Waals surface area contributed by atoms with Crippen LogP contribution in [0.15, 0.2) is 18.2 Å². The number of ether oxygens (including phenoxy) is 5. The van der Waals surface area contributed by atoms with Gasteiger partial charge in [0.05, 0.1) is 6.61 Å². The molecule has 0 aliphatic heterocycles. The topological polar surface area (TPSA) is 140 Å². The minimum Gasteiger partial charge on any atom is -0.458 e. The molecule has 32 heavy (non-hydrogen) atoms. The molecule has 1 aromatic carbocycles. The Morgan fingerprint density at radius 1 is 0.969 bits per heavy atom. The largest absolute Gasteiger partial charge is 0.508 e. The lowest BCUT2D eigenvalue weighted by Crippen LogP contribution is -2.37. The molecule has 2 atom stereocenters. The number of nitrogens with two attached hydrogens (primary N) is 1. The number of esters is 3. The van der Waals surface area contributed by atoms with Gasteiger partial charge in [0.15, 0.2) is 11.5 Å². The van der Waals surface area contributed by atoms with E-state index in [0.29, 0.717) is 5.56 Å². The molecule has 178 valence electrons. The molecule has 0 heterocycles. The van der Waals surface area contributed by atoms with Crippen LogP contribution in [0.1, 0.15) is 52.5 Å². The van der Waals surface area contributed by atoms with Crippen molar-refractivity contribution in [2.24, 2.45) is 5.73 Å². The van der Waals surface area contributed by atoms with E-state index in [1.54, 1.807) is 13.0 Å². The maximum atomic E-state index is 12.2. The molecule has 0 saturated heterocycles. The summed E-state index contributed by atoms with van der Waals surface area (Å²) >= 11 is 0. The first-order valence-corrected chi connectivity index (χ1v) is 10.4. The quantitative estimate of drug-likeness (QED) is 0.285. The summed E-state index contributed by atoms with van der Waals surface area (Å²) in [5.41, 5.74) is 6.47. The number of rotatable bonds is 12. The predicted octanol–water partition coefficient (Wildman–Crippen LogP) is 2.68. The van der Waals surface area contributed by atoms with Gasteiger partial charge in [-0.2, -0.15) is 0 Å². The molecule has 0 fully saturated rings. The van der Waals surface area contributed by atoms with Crippen LogP contribution in [0, 0.1) is 0 Å². The Balaban J connectivity index is 2.57. The smallest absolute Gasteiger partial charge is 0.458 e. The van der Waals surface area contributed by atoms with Crippen LogP contribution in [0.5, 0.6) is 11.5 Å².